The van der Waals surface area contributed by atoms with Gasteiger partial charge in [-0.3, -0.25) is 4.40 Å². The van der Waals surface area contributed by atoms with Crippen LogP contribution in [0.1, 0.15) is 23.0 Å². The minimum Gasteiger partial charge on any atom is -0.462 e. The van der Waals surface area contributed by atoms with Crippen molar-refractivity contribution in [1.29, 1.82) is 0 Å². The summed E-state index contributed by atoms with van der Waals surface area (Å²) < 4.78 is 7.09. The molecule has 0 aliphatic carbocycles. The highest BCUT2D eigenvalue weighted by atomic mass is 16.5. The van der Waals surface area contributed by atoms with Crippen LogP contribution >= 0.6 is 0 Å². The predicted molar refractivity (Wildman–Crippen MR) is 106 cm³/mol. The van der Waals surface area contributed by atoms with Crippen LogP contribution in [0.4, 0.5) is 5.82 Å². The first-order chi connectivity index (χ1) is 13.1. The third kappa shape index (κ3) is 3.04. The summed E-state index contributed by atoms with van der Waals surface area (Å²) in [6.07, 6.45) is 3.42. The molecule has 0 N–H and O–H groups in total. The molecule has 27 heavy (non-hydrogen) atoms. The van der Waals surface area contributed by atoms with Gasteiger partial charge in [0, 0.05) is 31.6 Å². The van der Waals surface area contributed by atoms with Crippen LogP contribution in [0.15, 0.2) is 31.0 Å². The largest absolute Gasteiger partial charge is 0.462 e. The maximum atomic E-state index is 12.4. The zero-order valence-corrected chi connectivity index (χ0v) is 15.7. The number of pyridine rings is 2. The number of esters is 1. The van der Waals surface area contributed by atoms with Crippen molar-refractivity contribution in [3.05, 3.63) is 42.2 Å². The summed E-state index contributed by atoms with van der Waals surface area (Å²) in [6, 6.07) is 5.83. The summed E-state index contributed by atoms with van der Waals surface area (Å²) in [5, 5.41) is 0.865. The second-order valence-electron chi connectivity index (χ2n) is 6.70. The van der Waals surface area contributed by atoms with Crippen molar-refractivity contribution in [2.75, 3.05) is 44.7 Å². The number of fused-ring (bicyclic) bond motifs is 3. The molecular formula is C20H23N5O2. The number of aromatic nitrogens is 3. The molecule has 0 spiro atoms. The Hall–Kier alpha value is -2.93. The molecule has 7 nitrogen and oxygen atoms in total. The van der Waals surface area contributed by atoms with Crippen LogP contribution in [0.5, 0.6) is 0 Å². The third-order valence-electron chi connectivity index (χ3n) is 4.96. The summed E-state index contributed by atoms with van der Waals surface area (Å²) >= 11 is 0. The minimum absolute atomic E-state index is 0.318. The third-order valence-corrected chi connectivity index (χ3v) is 4.96. The molecule has 4 rings (SSSR count). The van der Waals surface area contributed by atoms with Gasteiger partial charge in [0.15, 0.2) is 5.65 Å². The van der Waals surface area contributed by atoms with Crippen LogP contribution in [0.2, 0.25) is 0 Å². The molecule has 0 aromatic carbocycles. The summed E-state index contributed by atoms with van der Waals surface area (Å²) in [5.74, 6) is 0.554. The van der Waals surface area contributed by atoms with Crippen LogP contribution in [0.3, 0.4) is 0 Å². The lowest BCUT2D eigenvalue weighted by atomic mass is 10.2. The Morgan fingerprint density at radius 3 is 2.74 bits per heavy atom. The van der Waals surface area contributed by atoms with Crippen molar-refractivity contribution < 1.29 is 9.53 Å². The monoisotopic (exact) mass is 365 g/mol. The Bertz CT molecular complexity index is 1020. The van der Waals surface area contributed by atoms with E-state index in [1.165, 1.54) is 0 Å². The second kappa shape index (κ2) is 7.00. The minimum atomic E-state index is -0.381. The molecule has 0 atom stereocenters. The molecule has 3 aromatic rings. The molecule has 3 aromatic heterocycles. The maximum absolute atomic E-state index is 12.4. The average molecular weight is 365 g/mol. The number of imidazole rings is 1. The van der Waals surface area contributed by atoms with Crippen LogP contribution in [0.25, 0.3) is 22.8 Å². The lowest BCUT2D eigenvalue weighted by molar-refractivity contribution is 0.0528. The smallest absolute Gasteiger partial charge is 0.341 e. The van der Waals surface area contributed by atoms with E-state index in [2.05, 4.69) is 28.4 Å². The molecule has 7 heteroatoms. The standard InChI is InChI=1S/C20H23N5O2/c1-4-15-13-21-19-16(20(26)27-5-2)12-14-6-7-17(22-18(14)25(15)19)24-10-8-23(3)9-11-24/h4,6-7,12-13H,1,5,8-11H2,2-3H3. The zero-order valence-electron chi connectivity index (χ0n) is 15.7. The van der Waals surface area contributed by atoms with Gasteiger partial charge in [0.1, 0.15) is 17.0 Å². The molecule has 0 unspecified atom stereocenters. The van der Waals surface area contributed by atoms with Crippen LogP contribution in [-0.4, -0.2) is 65.1 Å². The lowest BCUT2D eigenvalue weighted by Gasteiger charge is -2.33. The van der Waals surface area contributed by atoms with Gasteiger partial charge in [-0.05, 0) is 38.2 Å². The number of nitrogens with zero attached hydrogens (tertiary/aromatic N) is 5. The average Bonchev–Trinajstić information content (AvgIpc) is 3.12. The first-order valence-corrected chi connectivity index (χ1v) is 9.16. The van der Waals surface area contributed by atoms with Gasteiger partial charge in [-0.2, -0.15) is 0 Å². The van der Waals surface area contributed by atoms with E-state index in [1.807, 2.05) is 22.6 Å². The van der Waals surface area contributed by atoms with Crippen molar-refractivity contribution in [1.82, 2.24) is 19.3 Å². The quantitative estimate of drug-likeness (QED) is 0.662. The molecule has 1 fully saturated rings. The van der Waals surface area contributed by atoms with Gasteiger partial charge in [0.25, 0.3) is 0 Å². The van der Waals surface area contributed by atoms with Crippen molar-refractivity contribution in [3.8, 4) is 0 Å². The number of hydrogen-bond donors (Lipinski definition) is 0. The highest BCUT2D eigenvalue weighted by Gasteiger charge is 2.20. The first-order valence-electron chi connectivity index (χ1n) is 9.16. The van der Waals surface area contributed by atoms with Crippen LogP contribution < -0.4 is 4.90 Å². The normalized spacial score (nSPS) is 15.4. The van der Waals surface area contributed by atoms with Gasteiger partial charge < -0.3 is 14.5 Å². The highest BCUT2D eigenvalue weighted by molar-refractivity contribution is 6.00. The van der Waals surface area contributed by atoms with E-state index in [9.17, 15) is 4.79 Å². The van der Waals surface area contributed by atoms with Gasteiger partial charge >= 0.3 is 5.97 Å². The maximum Gasteiger partial charge on any atom is 0.341 e. The highest BCUT2D eigenvalue weighted by Crippen LogP contribution is 2.25. The molecule has 1 saturated heterocycles. The predicted octanol–water partition coefficient (Wildman–Crippen LogP) is 2.45. The Morgan fingerprint density at radius 2 is 2.04 bits per heavy atom. The molecule has 0 radical (unpaired) electrons. The summed E-state index contributed by atoms with van der Waals surface area (Å²) in [4.78, 5) is 26.3. The molecule has 0 saturated carbocycles. The van der Waals surface area contributed by atoms with E-state index in [1.54, 1.807) is 19.2 Å². The van der Waals surface area contributed by atoms with E-state index in [0.29, 0.717) is 17.8 Å². The van der Waals surface area contributed by atoms with Crippen molar-refractivity contribution in [3.63, 3.8) is 0 Å². The van der Waals surface area contributed by atoms with E-state index in [0.717, 1.165) is 48.7 Å². The first kappa shape index (κ1) is 17.5. The van der Waals surface area contributed by atoms with E-state index < -0.39 is 0 Å². The summed E-state index contributed by atoms with van der Waals surface area (Å²) in [7, 11) is 2.13. The fraction of sp³-hybridized carbons (Fsp3) is 0.350. The lowest BCUT2D eigenvalue weighted by Crippen LogP contribution is -2.44. The van der Waals surface area contributed by atoms with E-state index >= 15 is 0 Å². The number of likely N-dealkylation sites (N-methyl/N-ethyl adjacent to an activating group) is 1. The van der Waals surface area contributed by atoms with E-state index in [-0.39, 0.29) is 5.97 Å². The number of anilines is 1. The molecule has 0 amide bonds. The number of carbonyl (C=O) groups is 1. The van der Waals surface area contributed by atoms with Gasteiger partial charge in [-0.25, -0.2) is 14.8 Å². The number of carbonyl (C=O) groups excluding carboxylic acids is 1. The van der Waals surface area contributed by atoms with Gasteiger partial charge in [-0.15, -0.1) is 0 Å². The topological polar surface area (TPSA) is 63.0 Å². The Kier molecular flexibility index (Phi) is 4.53. The SMILES string of the molecule is C=Cc1cnc2c(C(=O)OCC)cc3ccc(N4CCN(C)CC4)nc3n12. The van der Waals surface area contributed by atoms with Crippen molar-refractivity contribution >= 4 is 34.5 Å². The Morgan fingerprint density at radius 1 is 1.26 bits per heavy atom. The van der Waals surface area contributed by atoms with Crippen LogP contribution in [0, 0.1) is 0 Å². The Labute approximate surface area is 157 Å². The van der Waals surface area contributed by atoms with Crippen molar-refractivity contribution in [2.45, 2.75) is 6.92 Å². The molecule has 4 heterocycles. The Balaban J connectivity index is 1.89. The number of hydrogen-bond acceptors (Lipinski definition) is 6. The number of rotatable bonds is 4. The van der Waals surface area contributed by atoms with Crippen LogP contribution in [-0.2, 0) is 4.74 Å². The fourth-order valence-electron chi connectivity index (χ4n) is 3.45. The molecule has 140 valence electrons. The molecule has 1 aliphatic rings. The number of piperazine rings is 1. The van der Waals surface area contributed by atoms with Gasteiger partial charge in [0.05, 0.1) is 18.5 Å². The summed E-state index contributed by atoms with van der Waals surface area (Å²) in [5.41, 5.74) is 2.54. The van der Waals surface area contributed by atoms with Gasteiger partial charge in [0.2, 0.25) is 0 Å². The molecule has 0 bridgehead atoms. The van der Waals surface area contributed by atoms with Crippen molar-refractivity contribution in [2.24, 2.45) is 0 Å². The zero-order chi connectivity index (χ0) is 19.0. The molecular weight excluding hydrogens is 342 g/mol. The fourth-order valence-corrected chi connectivity index (χ4v) is 3.45. The van der Waals surface area contributed by atoms with E-state index in [4.69, 9.17) is 9.72 Å². The summed E-state index contributed by atoms with van der Waals surface area (Å²) in [6.45, 7) is 9.89. The van der Waals surface area contributed by atoms with Gasteiger partial charge in [-0.1, -0.05) is 6.58 Å². The molecule has 1 aliphatic heterocycles. The number of ether oxygens (including phenoxy) is 1. The second-order valence-corrected chi connectivity index (χ2v) is 6.70.